The van der Waals surface area contributed by atoms with Gasteiger partial charge < -0.3 is 5.32 Å². The van der Waals surface area contributed by atoms with Crippen molar-refractivity contribution in [1.82, 2.24) is 4.98 Å². The van der Waals surface area contributed by atoms with Crippen LogP contribution in [0.15, 0.2) is 97.2 Å². The van der Waals surface area contributed by atoms with E-state index in [0.717, 1.165) is 37.9 Å². The van der Waals surface area contributed by atoms with E-state index in [1.54, 1.807) is 16.4 Å². The highest BCUT2D eigenvalue weighted by Gasteiger charge is 2.48. The summed E-state index contributed by atoms with van der Waals surface area (Å²) in [4.78, 5) is 4.65. The maximum Gasteiger partial charge on any atom is 0.0594 e. The number of rotatable bonds is 6. The molecule has 282 valence electrons. The molecular formula is C51H63N2P. The van der Waals surface area contributed by atoms with E-state index in [1.807, 2.05) is 12.3 Å². The minimum Gasteiger partial charge on any atom is -0.379 e. The number of nitrogens with one attached hydrogen (secondary N) is 1. The first-order valence-electron chi connectivity index (χ1n) is 20.3. The lowest BCUT2D eigenvalue weighted by Gasteiger charge is -2.35. The molecule has 0 amide bonds. The molecule has 0 fully saturated rings. The highest BCUT2D eigenvalue weighted by atomic mass is 31.1. The third-order valence-corrected chi connectivity index (χ3v) is 14.5. The maximum atomic E-state index is 4.65. The van der Waals surface area contributed by atoms with Gasteiger partial charge in [0, 0.05) is 17.3 Å². The van der Waals surface area contributed by atoms with Crippen LogP contribution in [0.4, 0.5) is 5.69 Å². The van der Waals surface area contributed by atoms with Crippen molar-refractivity contribution in [1.29, 1.82) is 0 Å². The fraction of sp³-hybridized carbons (Fsp3) is 0.431. The zero-order valence-electron chi connectivity index (χ0n) is 35.2. The number of aryl methyl sites for hydroxylation is 2. The molecule has 1 atom stereocenters. The van der Waals surface area contributed by atoms with Gasteiger partial charge in [-0.3, -0.25) is 4.98 Å². The summed E-state index contributed by atoms with van der Waals surface area (Å²) in [5, 5.41) is 8.39. The molecule has 0 saturated carbocycles. The molecule has 1 aromatic heterocycles. The summed E-state index contributed by atoms with van der Waals surface area (Å²) in [7, 11) is -0.918. The molecule has 5 aromatic rings. The number of fused-ring (bicyclic) bond motifs is 4. The van der Waals surface area contributed by atoms with Crippen LogP contribution in [-0.2, 0) is 46.5 Å². The predicted octanol–water partition coefficient (Wildman–Crippen LogP) is 11.8. The zero-order chi connectivity index (χ0) is 38.8. The van der Waals surface area contributed by atoms with Crippen molar-refractivity contribution in [2.75, 3.05) is 5.32 Å². The van der Waals surface area contributed by atoms with Gasteiger partial charge in [-0.1, -0.05) is 156 Å². The second-order valence-electron chi connectivity index (χ2n) is 20.3. The topological polar surface area (TPSA) is 24.9 Å². The van der Waals surface area contributed by atoms with Crippen LogP contribution in [0.3, 0.4) is 0 Å². The molecular weight excluding hydrogens is 672 g/mol. The highest BCUT2D eigenvalue weighted by molar-refractivity contribution is 7.80. The molecule has 0 saturated heterocycles. The summed E-state index contributed by atoms with van der Waals surface area (Å²) in [5.74, 6) is 0. The van der Waals surface area contributed by atoms with Crippen LogP contribution in [0.25, 0.3) is 0 Å². The van der Waals surface area contributed by atoms with Crippen LogP contribution < -0.4 is 21.2 Å². The highest BCUT2D eigenvalue weighted by Crippen LogP contribution is 2.56. The van der Waals surface area contributed by atoms with Gasteiger partial charge in [-0.2, -0.15) is 0 Å². The van der Waals surface area contributed by atoms with Gasteiger partial charge >= 0.3 is 0 Å². The molecule has 3 heteroatoms. The van der Waals surface area contributed by atoms with E-state index in [2.05, 4.69) is 178 Å². The van der Waals surface area contributed by atoms with Crippen LogP contribution in [-0.4, -0.2) is 4.98 Å². The van der Waals surface area contributed by atoms with Crippen LogP contribution in [0, 0.1) is 0 Å². The zero-order valence-corrected chi connectivity index (χ0v) is 36.1. The number of benzene rings is 4. The Morgan fingerprint density at radius 2 is 1.04 bits per heavy atom. The lowest BCUT2D eigenvalue weighted by atomic mass is 9.76. The van der Waals surface area contributed by atoms with Gasteiger partial charge in [-0.25, -0.2) is 0 Å². The molecule has 2 aliphatic carbocycles. The fourth-order valence-corrected chi connectivity index (χ4v) is 11.6. The normalized spacial score (nSPS) is 17.3. The van der Waals surface area contributed by atoms with E-state index in [9.17, 15) is 0 Å². The minimum atomic E-state index is -0.918. The first-order valence-corrected chi connectivity index (χ1v) is 21.6. The van der Waals surface area contributed by atoms with Crippen LogP contribution in [0.2, 0.25) is 0 Å². The molecule has 1 spiro atoms. The lowest BCUT2D eigenvalue weighted by Crippen LogP contribution is -2.33. The first kappa shape index (κ1) is 38.5. The second-order valence-corrected chi connectivity index (χ2v) is 22.5. The van der Waals surface area contributed by atoms with Crippen molar-refractivity contribution < 1.29 is 0 Å². The summed E-state index contributed by atoms with van der Waals surface area (Å²) in [6, 6.07) is 35.9. The number of hydrogen-bond acceptors (Lipinski definition) is 2. The number of hydrogen-bond donors (Lipinski definition) is 1. The van der Waals surface area contributed by atoms with Crippen molar-refractivity contribution in [3.8, 4) is 0 Å². The molecule has 0 radical (unpaired) electrons. The Labute approximate surface area is 328 Å². The van der Waals surface area contributed by atoms with Gasteiger partial charge in [0.15, 0.2) is 0 Å². The Balaban J connectivity index is 1.51. The van der Waals surface area contributed by atoms with E-state index in [-0.39, 0.29) is 27.1 Å². The van der Waals surface area contributed by atoms with Gasteiger partial charge in [-0.15, -0.1) is 0 Å². The van der Waals surface area contributed by atoms with Crippen molar-refractivity contribution in [3.05, 3.63) is 147 Å². The molecule has 0 unspecified atom stereocenters. The molecule has 1 heterocycles. The third-order valence-electron chi connectivity index (χ3n) is 12.1. The van der Waals surface area contributed by atoms with Gasteiger partial charge in [0.05, 0.1) is 12.2 Å². The Kier molecular flexibility index (Phi) is 9.83. The molecule has 2 aliphatic rings. The van der Waals surface area contributed by atoms with Gasteiger partial charge in [0.1, 0.15) is 0 Å². The van der Waals surface area contributed by atoms with Crippen LogP contribution in [0.5, 0.6) is 0 Å². The minimum absolute atomic E-state index is 0.0271. The molecule has 2 nitrogen and oxygen atoms in total. The molecule has 0 aliphatic heterocycles. The Bertz CT molecular complexity index is 2020. The average Bonchev–Trinajstić information content (AvgIpc) is 3.68. The van der Waals surface area contributed by atoms with Gasteiger partial charge in [-0.05, 0) is 134 Å². The smallest absolute Gasteiger partial charge is 0.0594 e. The maximum absolute atomic E-state index is 4.65. The van der Waals surface area contributed by atoms with Gasteiger partial charge in [0.25, 0.3) is 0 Å². The molecule has 4 aromatic carbocycles. The number of pyridine rings is 1. The molecule has 1 N–H and O–H groups in total. The lowest BCUT2D eigenvalue weighted by molar-refractivity contribution is 0.510. The third kappa shape index (κ3) is 7.33. The molecule has 7 rings (SSSR count). The average molecular weight is 735 g/mol. The Morgan fingerprint density at radius 3 is 1.50 bits per heavy atom. The first-order chi connectivity index (χ1) is 25.3. The van der Waals surface area contributed by atoms with E-state index in [1.165, 1.54) is 49.7 Å². The summed E-state index contributed by atoms with van der Waals surface area (Å²) >= 11 is 0. The van der Waals surface area contributed by atoms with Crippen LogP contribution in [0.1, 0.15) is 146 Å². The molecule has 54 heavy (non-hydrogen) atoms. The quantitative estimate of drug-likeness (QED) is 0.176. The van der Waals surface area contributed by atoms with E-state index < -0.39 is 7.92 Å². The summed E-state index contributed by atoms with van der Waals surface area (Å²) in [6.45, 7) is 29.3. The van der Waals surface area contributed by atoms with Crippen LogP contribution >= 0.6 is 7.92 Å². The van der Waals surface area contributed by atoms with Crippen molar-refractivity contribution in [2.45, 2.75) is 142 Å². The summed E-state index contributed by atoms with van der Waals surface area (Å²) in [6.07, 6.45) is 6.44. The number of anilines is 1. The van der Waals surface area contributed by atoms with E-state index in [0.29, 0.717) is 0 Å². The number of aromatic nitrogens is 1. The monoisotopic (exact) mass is 734 g/mol. The fourth-order valence-electron chi connectivity index (χ4n) is 8.83. The van der Waals surface area contributed by atoms with E-state index in [4.69, 9.17) is 0 Å². The van der Waals surface area contributed by atoms with Crippen molar-refractivity contribution in [3.63, 3.8) is 0 Å². The summed E-state index contributed by atoms with van der Waals surface area (Å²) in [5.41, 5.74) is 14.3. The number of nitrogens with zero attached hydrogens (tertiary/aromatic N) is 1. The SMILES string of the molecule is CC(C)(C)c1cc(P(c2cc(C(C)(C)C)cc(C(C)(C)C)c2)c2cccc3c2[C@@]2(CCc4cccc(NCc5ccccn5)c42)CC3)cc(C(C)(C)C)c1. The molecule has 0 bridgehead atoms. The summed E-state index contributed by atoms with van der Waals surface area (Å²) < 4.78 is 0. The Morgan fingerprint density at radius 1 is 0.556 bits per heavy atom. The standard InChI is InChI=1S/C51H63N2P/c1-47(2,3)36-27-37(48(4,5)6)30-41(29-36)54(42-31-38(49(7,8)9)28-39(32-42)50(10,11)12)44-21-16-18-35-23-25-51(46(35)44)24-22-34-17-15-20-43(45(34)51)53-33-40-19-13-14-26-52-40/h13-21,26-32,53H,22-25,33H2,1-12H3/t51-/m0/s1. The predicted molar refractivity (Wildman–Crippen MR) is 235 cm³/mol. The largest absolute Gasteiger partial charge is 0.379 e. The second kappa shape index (κ2) is 13.8. The van der Waals surface area contributed by atoms with Crippen molar-refractivity contribution >= 4 is 29.5 Å². The van der Waals surface area contributed by atoms with Gasteiger partial charge in [0.2, 0.25) is 0 Å². The van der Waals surface area contributed by atoms with Crippen molar-refractivity contribution in [2.24, 2.45) is 0 Å². The van der Waals surface area contributed by atoms with E-state index >= 15 is 0 Å². The Hall–Kier alpha value is -3.74.